The third kappa shape index (κ3) is 6.88. The Bertz CT molecular complexity index is 1690. The van der Waals surface area contributed by atoms with Gasteiger partial charge in [0.25, 0.3) is 5.91 Å². The zero-order valence-electron chi connectivity index (χ0n) is 21.5. The number of nitrogens with zero attached hydrogens (tertiary/aromatic N) is 1. The normalized spacial score (nSPS) is 11.2. The van der Waals surface area contributed by atoms with Gasteiger partial charge in [-0.05, 0) is 60.2 Å². The van der Waals surface area contributed by atoms with Gasteiger partial charge in [-0.25, -0.2) is 9.78 Å². The Balaban J connectivity index is 1.29. The SMILES string of the molecule is O=C(COC(=O)c1cc(-c2ccc(OCc3ccccc3)cc2)nc2ccccc12)Nc1cccc(C(F)(F)F)c1. The van der Waals surface area contributed by atoms with E-state index in [0.29, 0.717) is 29.0 Å². The fraction of sp³-hybridized carbons (Fsp3) is 0.0938. The summed E-state index contributed by atoms with van der Waals surface area (Å²) in [6.45, 7) is -0.264. The number of halogens is 3. The highest BCUT2D eigenvalue weighted by molar-refractivity contribution is 6.05. The van der Waals surface area contributed by atoms with Crippen molar-refractivity contribution in [2.24, 2.45) is 0 Å². The highest BCUT2D eigenvalue weighted by Crippen LogP contribution is 2.31. The number of hydrogen-bond acceptors (Lipinski definition) is 5. The summed E-state index contributed by atoms with van der Waals surface area (Å²) in [5, 5.41) is 2.85. The maximum absolute atomic E-state index is 13.1. The van der Waals surface area contributed by atoms with E-state index in [0.717, 1.165) is 23.3 Å². The van der Waals surface area contributed by atoms with Crippen LogP contribution in [0.4, 0.5) is 18.9 Å². The summed E-state index contributed by atoms with van der Waals surface area (Å²) in [4.78, 5) is 30.1. The molecule has 0 aliphatic heterocycles. The van der Waals surface area contributed by atoms with Gasteiger partial charge in [0.05, 0.1) is 22.3 Å². The lowest BCUT2D eigenvalue weighted by Gasteiger charge is -2.12. The number of carbonyl (C=O) groups is 2. The number of anilines is 1. The molecule has 0 saturated heterocycles. The largest absolute Gasteiger partial charge is 0.489 e. The summed E-state index contributed by atoms with van der Waals surface area (Å²) in [5.41, 5.74) is 2.07. The predicted octanol–water partition coefficient (Wildman–Crippen LogP) is 7.30. The molecule has 0 unspecified atom stereocenters. The van der Waals surface area contributed by atoms with Gasteiger partial charge in [-0.1, -0.05) is 54.6 Å². The van der Waals surface area contributed by atoms with Crippen LogP contribution in [0.5, 0.6) is 5.75 Å². The lowest BCUT2D eigenvalue weighted by atomic mass is 10.0. The Morgan fingerprint density at radius 3 is 2.29 bits per heavy atom. The number of fused-ring (bicyclic) bond motifs is 1. The highest BCUT2D eigenvalue weighted by Gasteiger charge is 2.30. The number of esters is 1. The molecule has 0 spiro atoms. The van der Waals surface area contributed by atoms with Crippen molar-refractivity contribution in [2.45, 2.75) is 12.8 Å². The molecule has 1 heterocycles. The van der Waals surface area contributed by atoms with Crippen LogP contribution in [0.3, 0.4) is 0 Å². The predicted molar refractivity (Wildman–Crippen MR) is 148 cm³/mol. The molecule has 0 bridgehead atoms. The fourth-order valence-corrected chi connectivity index (χ4v) is 4.13. The second kappa shape index (κ2) is 11.9. The van der Waals surface area contributed by atoms with Crippen molar-refractivity contribution in [1.29, 1.82) is 0 Å². The van der Waals surface area contributed by atoms with E-state index >= 15 is 0 Å². The number of rotatable bonds is 8. The molecule has 6 nitrogen and oxygen atoms in total. The zero-order chi connectivity index (χ0) is 28.8. The summed E-state index contributed by atoms with van der Waals surface area (Å²) in [6.07, 6.45) is -4.55. The van der Waals surface area contributed by atoms with Crippen LogP contribution in [0.2, 0.25) is 0 Å². The van der Waals surface area contributed by atoms with E-state index < -0.39 is 30.2 Å². The first-order chi connectivity index (χ1) is 19.8. The van der Waals surface area contributed by atoms with E-state index in [1.165, 1.54) is 12.1 Å². The smallest absolute Gasteiger partial charge is 0.416 e. The maximum atomic E-state index is 13.1. The molecule has 0 radical (unpaired) electrons. The molecule has 0 aliphatic carbocycles. The number of nitrogens with one attached hydrogen (secondary N) is 1. The first-order valence-electron chi connectivity index (χ1n) is 12.6. The highest BCUT2D eigenvalue weighted by atomic mass is 19.4. The average molecular weight is 557 g/mol. The lowest BCUT2D eigenvalue weighted by Crippen LogP contribution is -2.21. The second-order valence-corrected chi connectivity index (χ2v) is 9.07. The third-order valence-corrected chi connectivity index (χ3v) is 6.14. The standard InChI is InChI=1S/C32H23F3N2O4/c33-32(34,35)23-9-6-10-24(17-23)36-30(38)20-41-31(39)27-18-29(37-28-12-5-4-11-26(27)28)22-13-15-25(16-14-22)40-19-21-7-2-1-3-8-21/h1-18H,19-20H2,(H,36,38). The van der Waals surface area contributed by atoms with Gasteiger partial charge in [0, 0.05) is 16.6 Å². The van der Waals surface area contributed by atoms with Gasteiger partial charge in [0.2, 0.25) is 0 Å². The minimum Gasteiger partial charge on any atom is -0.489 e. The van der Waals surface area contributed by atoms with Gasteiger partial charge in [0.1, 0.15) is 12.4 Å². The van der Waals surface area contributed by atoms with Crippen LogP contribution >= 0.6 is 0 Å². The number of benzene rings is 4. The first kappa shape index (κ1) is 27.4. The van der Waals surface area contributed by atoms with Crippen LogP contribution in [-0.2, 0) is 22.3 Å². The summed E-state index contributed by atoms with van der Waals surface area (Å²) in [5.74, 6) is -0.876. The van der Waals surface area contributed by atoms with E-state index in [2.05, 4.69) is 10.3 Å². The molecule has 0 fully saturated rings. The molecule has 9 heteroatoms. The maximum Gasteiger partial charge on any atom is 0.416 e. The minimum atomic E-state index is -4.55. The number of aromatic nitrogens is 1. The van der Waals surface area contributed by atoms with Crippen LogP contribution in [-0.4, -0.2) is 23.5 Å². The average Bonchev–Trinajstić information content (AvgIpc) is 2.99. The van der Waals surface area contributed by atoms with Crippen LogP contribution < -0.4 is 10.1 Å². The number of pyridine rings is 1. The molecule has 0 aliphatic rings. The zero-order valence-corrected chi connectivity index (χ0v) is 21.5. The van der Waals surface area contributed by atoms with Crippen molar-refractivity contribution in [3.8, 4) is 17.0 Å². The summed E-state index contributed by atoms with van der Waals surface area (Å²) >= 11 is 0. The van der Waals surface area contributed by atoms with Gasteiger partial charge in [0.15, 0.2) is 6.61 Å². The first-order valence-corrected chi connectivity index (χ1v) is 12.6. The van der Waals surface area contributed by atoms with Gasteiger partial charge in [-0.3, -0.25) is 4.79 Å². The van der Waals surface area contributed by atoms with E-state index in [9.17, 15) is 22.8 Å². The quantitative estimate of drug-likeness (QED) is 0.203. The fourth-order valence-electron chi connectivity index (χ4n) is 4.13. The van der Waals surface area contributed by atoms with Crippen LogP contribution in [0.25, 0.3) is 22.2 Å². The van der Waals surface area contributed by atoms with Gasteiger partial charge in [-0.2, -0.15) is 13.2 Å². The van der Waals surface area contributed by atoms with Crippen molar-refractivity contribution in [3.05, 3.63) is 126 Å². The number of hydrogen-bond donors (Lipinski definition) is 1. The molecule has 0 atom stereocenters. The Morgan fingerprint density at radius 1 is 0.805 bits per heavy atom. The van der Waals surface area contributed by atoms with E-state index in [-0.39, 0.29) is 11.3 Å². The molecular weight excluding hydrogens is 533 g/mol. The van der Waals surface area contributed by atoms with E-state index in [1.807, 2.05) is 54.6 Å². The number of para-hydroxylation sites is 1. The molecule has 41 heavy (non-hydrogen) atoms. The van der Waals surface area contributed by atoms with E-state index in [1.54, 1.807) is 30.3 Å². The third-order valence-electron chi connectivity index (χ3n) is 6.14. The molecule has 5 rings (SSSR count). The van der Waals surface area contributed by atoms with Crippen LogP contribution in [0, 0.1) is 0 Å². The van der Waals surface area contributed by atoms with E-state index in [4.69, 9.17) is 9.47 Å². The van der Waals surface area contributed by atoms with Crippen molar-refractivity contribution in [3.63, 3.8) is 0 Å². The minimum absolute atomic E-state index is 0.0614. The summed E-state index contributed by atoms with van der Waals surface area (Å²) in [6, 6.07) is 29.8. The molecular formula is C32H23F3N2O4. The molecule has 0 saturated carbocycles. The summed E-state index contributed by atoms with van der Waals surface area (Å²) < 4.78 is 49.9. The van der Waals surface area contributed by atoms with Gasteiger partial charge >= 0.3 is 12.1 Å². The molecule has 1 N–H and O–H groups in total. The second-order valence-electron chi connectivity index (χ2n) is 9.07. The lowest BCUT2D eigenvalue weighted by molar-refractivity contribution is -0.137. The molecule has 1 amide bonds. The summed E-state index contributed by atoms with van der Waals surface area (Å²) in [7, 11) is 0. The molecule has 4 aromatic carbocycles. The number of carbonyl (C=O) groups excluding carboxylic acids is 2. The van der Waals surface area contributed by atoms with Gasteiger partial charge in [-0.15, -0.1) is 0 Å². The van der Waals surface area contributed by atoms with Crippen LogP contribution in [0.1, 0.15) is 21.5 Å². The van der Waals surface area contributed by atoms with Crippen molar-refractivity contribution >= 4 is 28.5 Å². The van der Waals surface area contributed by atoms with Crippen molar-refractivity contribution < 1.29 is 32.2 Å². The molecule has 1 aromatic heterocycles. The Morgan fingerprint density at radius 2 is 1.54 bits per heavy atom. The number of amides is 1. The topological polar surface area (TPSA) is 77.5 Å². The Labute approximate surface area is 233 Å². The number of ether oxygens (including phenoxy) is 2. The molecule has 5 aromatic rings. The Kier molecular flexibility index (Phi) is 7.96. The Hall–Kier alpha value is -5.18. The monoisotopic (exact) mass is 556 g/mol. The van der Waals surface area contributed by atoms with Crippen molar-refractivity contribution in [2.75, 3.05) is 11.9 Å². The number of alkyl halides is 3. The van der Waals surface area contributed by atoms with Crippen molar-refractivity contribution in [1.82, 2.24) is 4.98 Å². The van der Waals surface area contributed by atoms with Crippen LogP contribution in [0.15, 0.2) is 109 Å². The molecule has 206 valence electrons. The van der Waals surface area contributed by atoms with Gasteiger partial charge < -0.3 is 14.8 Å².